The van der Waals surface area contributed by atoms with Crippen LogP contribution in [-0.2, 0) is 34.4 Å². The molecule has 0 aliphatic heterocycles. The Morgan fingerprint density at radius 2 is 1.06 bits per heavy atom. The van der Waals surface area contributed by atoms with E-state index in [4.69, 9.17) is 9.66 Å². The van der Waals surface area contributed by atoms with Crippen molar-refractivity contribution in [1.29, 1.82) is 0 Å². The first kappa shape index (κ1) is 32.8. The van der Waals surface area contributed by atoms with Crippen molar-refractivity contribution >= 4 is 32.5 Å². The average Bonchev–Trinajstić information content (AvgIpc) is 2.73. The standard InChI is InChI=1S/C22H43NO9S2/c1-2-3-4-5-6-7-8-9-10-11-12-13-14-15-16-17-20-32-34(30,31)23(33(27,28)29)21(24)18-19-22(25)26/h2-20H2,1H3,(H,25,26)(H,27,28,29). The molecule has 0 unspecified atom stereocenters. The zero-order chi connectivity index (χ0) is 25.9. The topological polar surface area (TPSA) is 155 Å². The van der Waals surface area contributed by atoms with Gasteiger partial charge in [-0.05, 0) is 6.42 Å². The second kappa shape index (κ2) is 19.0. The van der Waals surface area contributed by atoms with Gasteiger partial charge in [-0.2, -0.15) is 16.8 Å². The summed E-state index contributed by atoms with van der Waals surface area (Å²) in [5, 5.41) is 8.55. The lowest BCUT2D eigenvalue weighted by atomic mass is 10.0. The zero-order valence-corrected chi connectivity index (χ0v) is 22.1. The quantitative estimate of drug-likeness (QED) is 0.137. The number of hydrogen-bond donors (Lipinski definition) is 2. The van der Waals surface area contributed by atoms with Crippen molar-refractivity contribution in [3.63, 3.8) is 0 Å². The summed E-state index contributed by atoms with van der Waals surface area (Å²) < 4.78 is 59.5. The van der Waals surface area contributed by atoms with Crippen molar-refractivity contribution in [3.05, 3.63) is 0 Å². The van der Waals surface area contributed by atoms with E-state index >= 15 is 0 Å². The summed E-state index contributed by atoms with van der Waals surface area (Å²) in [7, 11) is -10.6. The van der Waals surface area contributed by atoms with Crippen LogP contribution in [0.1, 0.15) is 122 Å². The minimum atomic E-state index is -5.46. The fourth-order valence-electron chi connectivity index (χ4n) is 3.54. The molecule has 1 amide bonds. The molecule has 0 heterocycles. The highest BCUT2D eigenvalue weighted by molar-refractivity contribution is 8.00. The Balaban J connectivity index is 3.89. The molecule has 0 spiro atoms. The van der Waals surface area contributed by atoms with E-state index in [0.717, 1.165) is 19.3 Å². The smallest absolute Gasteiger partial charge is 0.380 e. The Hall–Kier alpha value is -1.24. The minimum Gasteiger partial charge on any atom is -0.481 e. The first-order valence-electron chi connectivity index (χ1n) is 12.4. The SMILES string of the molecule is CCCCCCCCCCCCCCCCCCOS(=O)(=O)N(C(=O)CCC(=O)O)S(=O)(=O)O. The van der Waals surface area contributed by atoms with Crippen LogP contribution in [0.2, 0.25) is 0 Å². The van der Waals surface area contributed by atoms with Crippen LogP contribution < -0.4 is 0 Å². The number of nitrogens with zero attached hydrogens (tertiary/aromatic N) is 1. The van der Waals surface area contributed by atoms with Gasteiger partial charge in [0.15, 0.2) is 0 Å². The molecular formula is C22H43NO9S2. The van der Waals surface area contributed by atoms with Crippen LogP contribution in [0.4, 0.5) is 0 Å². The van der Waals surface area contributed by atoms with Crippen molar-refractivity contribution < 1.29 is 40.3 Å². The van der Waals surface area contributed by atoms with Gasteiger partial charge in [0, 0.05) is 6.42 Å². The maximum atomic E-state index is 12.0. The van der Waals surface area contributed by atoms with Gasteiger partial charge in [-0.1, -0.05) is 107 Å². The van der Waals surface area contributed by atoms with Gasteiger partial charge in [0.05, 0.1) is 13.0 Å². The highest BCUT2D eigenvalue weighted by atomic mass is 32.3. The zero-order valence-electron chi connectivity index (χ0n) is 20.5. The van der Waals surface area contributed by atoms with Crippen LogP contribution in [0, 0.1) is 0 Å². The molecule has 0 saturated heterocycles. The molecule has 34 heavy (non-hydrogen) atoms. The molecule has 0 rings (SSSR count). The summed E-state index contributed by atoms with van der Waals surface area (Å²) in [6.45, 7) is 1.88. The summed E-state index contributed by atoms with van der Waals surface area (Å²) in [5.41, 5.74) is 0. The van der Waals surface area contributed by atoms with Crippen molar-refractivity contribution in [2.24, 2.45) is 0 Å². The average molecular weight is 530 g/mol. The molecule has 0 aromatic carbocycles. The first-order valence-corrected chi connectivity index (χ1v) is 15.2. The number of hydrogen-bond acceptors (Lipinski definition) is 7. The molecule has 0 aromatic rings. The van der Waals surface area contributed by atoms with Gasteiger partial charge in [-0.15, -0.1) is 0 Å². The molecule has 10 nitrogen and oxygen atoms in total. The van der Waals surface area contributed by atoms with Gasteiger partial charge in [0.2, 0.25) is 0 Å². The number of carbonyl (C=O) groups is 2. The van der Waals surface area contributed by atoms with Crippen molar-refractivity contribution in [3.8, 4) is 0 Å². The van der Waals surface area contributed by atoms with E-state index in [1.807, 2.05) is 0 Å². The lowest BCUT2D eigenvalue weighted by molar-refractivity contribution is -0.139. The van der Waals surface area contributed by atoms with Gasteiger partial charge < -0.3 is 5.11 Å². The Morgan fingerprint density at radius 3 is 1.41 bits per heavy atom. The third-order valence-electron chi connectivity index (χ3n) is 5.40. The molecular weight excluding hydrogens is 486 g/mol. The van der Waals surface area contributed by atoms with Gasteiger partial charge in [0.1, 0.15) is 0 Å². The Kier molecular flexibility index (Phi) is 18.3. The van der Waals surface area contributed by atoms with E-state index in [2.05, 4.69) is 11.1 Å². The highest BCUT2D eigenvalue weighted by Gasteiger charge is 2.38. The molecule has 12 heteroatoms. The second-order valence-electron chi connectivity index (χ2n) is 8.55. The molecule has 0 atom stereocenters. The van der Waals surface area contributed by atoms with E-state index in [1.165, 1.54) is 70.6 Å². The van der Waals surface area contributed by atoms with E-state index in [-0.39, 0.29) is 6.61 Å². The van der Waals surface area contributed by atoms with Crippen LogP contribution in [-0.4, -0.2) is 48.7 Å². The molecule has 2 N–H and O–H groups in total. The fourth-order valence-corrected chi connectivity index (χ4v) is 5.70. The van der Waals surface area contributed by atoms with E-state index in [9.17, 15) is 26.4 Å². The third-order valence-corrected chi connectivity index (χ3v) is 8.21. The predicted octanol–water partition coefficient (Wildman–Crippen LogP) is 5.01. The van der Waals surface area contributed by atoms with E-state index < -0.39 is 49.0 Å². The van der Waals surface area contributed by atoms with Crippen LogP contribution in [0.25, 0.3) is 0 Å². The molecule has 0 radical (unpaired) electrons. The number of carboxylic acids is 1. The Bertz CT molecular complexity index is 767. The number of amides is 1. The number of carboxylic acid groups (broad SMARTS) is 1. The van der Waals surface area contributed by atoms with Gasteiger partial charge in [-0.25, -0.2) is 0 Å². The fraction of sp³-hybridized carbons (Fsp3) is 0.909. The third kappa shape index (κ3) is 17.2. The van der Waals surface area contributed by atoms with Crippen molar-refractivity contribution in [2.75, 3.05) is 6.61 Å². The van der Waals surface area contributed by atoms with Crippen LogP contribution in [0.3, 0.4) is 0 Å². The number of unbranched alkanes of at least 4 members (excludes halogenated alkanes) is 15. The summed E-state index contributed by atoms with van der Waals surface area (Å²) >= 11 is 0. The van der Waals surface area contributed by atoms with E-state index in [1.54, 1.807) is 0 Å². The molecule has 0 saturated carbocycles. The predicted molar refractivity (Wildman–Crippen MR) is 130 cm³/mol. The highest BCUT2D eigenvalue weighted by Crippen LogP contribution is 2.15. The van der Waals surface area contributed by atoms with Gasteiger partial charge >= 0.3 is 26.6 Å². The largest absolute Gasteiger partial charge is 0.481 e. The summed E-state index contributed by atoms with van der Waals surface area (Å²) in [6, 6.07) is 0. The normalized spacial score (nSPS) is 12.1. The second-order valence-corrected chi connectivity index (χ2v) is 11.5. The monoisotopic (exact) mass is 529 g/mol. The summed E-state index contributed by atoms with van der Waals surface area (Å²) in [6.07, 6.45) is 16.6. The number of rotatable bonds is 23. The van der Waals surface area contributed by atoms with Crippen LogP contribution in [0.15, 0.2) is 0 Å². The van der Waals surface area contributed by atoms with Gasteiger partial charge in [0.25, 0.3) is 5.91 Å². The maximum Gasteiger partial charge on any atom is 0.380 e. The number of aliphatic carboxylic acids is 1. The first-order chi connectivity index (χ1) is 16.0. The Labute approximate surface area is 205 Å². The lowest BCUT2D eigenvalue weighted by Gasteiger charge is -2.17. The molecule has 0 aromatic heterocycles. The van der Waals surface area contributed by atoms with Crippen LogP contribution >= 0.6 is 0 Å². The molecule has 202 valence electrons. The van der Waals surface area contributed by atoms with Crippen molar-refractivity contribution in [1.82, 2.24) is 3.71 Å². The number of carbonyl (C=O) groups excluding carboxylic acids is 1. The van der Waals surface area contributed by atoms with Crippen molar-refractivity contribution in [2.45, 2.75) is 122 Å². The lowest BCUT2D eigenvalue weighted by Crippen LogP contribution is -2.42. The molecule has 0 aliphatic carbocycles. The minimum absolute atomic E-state index is 0.333. The Morgan fingerprint density at radius 1 is 0.676 bits per heavy atom. The summed E-state index contributed by atoms with van der Waals surface area (Å²) in [5.74, 6) is -3.02. The van der Waals surface area contributed by atoms with Gasteiger partial charge in [-0.3, -0.25) is 18.3 Å². The van der Waals surface area contributed by atoms with Crippen LogP contribution in [0.5, 0.6) is 0 Å². The molecule has 0 aliphatic rings. The van der Waals surface area contributed by atoms with E-state index in [0.29, 0.717) is 12.8 Å². The molecule has 0 fully saturated rings. The summed E-state index contributed by atoms with van der Waals surface area (Å²) in [4.78, 5) is 22.3. The maximum absolute atomic E-state index is 12.0. The molecule has 0 bridgehead atoms.